The molecular formula is C26H34N5O6. The van der Waals surface area contributed by atoms with Gasteiger partial charge in [0.2, 0.25) is 5.60 Å². The van der Waals surface area contributed by atoms with Crippen LogP contribution < -0.4 is 5.32 Å². The van der Waals surface area contributed by atoms with E-state index in [9.17, 15) is 20.0 Å². The molecule has 2 fully saturated rings. The summed E-state index contributed by atoms with van der Waals surface area (Å²) in [6.45, 7) is 2.18. The van der Waals surface area contributed by atoms with Crippen LogP contribution in [0.1, 0.15) is 70.4 Å². The quantitative estimate of drug-likeness (QED) is 0.292. The van der Waals surface area contributed by atoms with E-state index in [1.165, 1.54) is 30.1 Å². The number of anilines is 1. The molecule has 37 heavy (non-hydrogen) atoms. The van der Waals surface area contributed by atoms with E-state index in [0.717, 1.165) is 38.5 Å². The lowest BCUT2D eigenvalue weighted by Crippen LogP contribution is -2.37. The average molecular weight is 513 g/mol. The molecule has 0 bridgehead atoms. The predicted molar refractivity (Wildman–Crippen MR) is 132 cm³/mol. The summed E-state index contributed by atoms with van der Waals surface area (Å²) < 4.78 is 17.9. The number of nitriles is 1. The van der Waals surface area contributed by atoms with E-state index in [2.05, 4.69) is 21.5 Å². The van der Waals surface area contributed by atoms with Crippen LogP contribution in [0.2, 0.25) is 0 Å². The standard InChI is InChI=1S/C26H34N5O6/c1-2-3-12-35-25(34)30-24-20-10-11-21(31(20)29-17-28-24)26(16-27)22(32)14-19(37-26)15-36-23(33)13-18-8-6-4-5-7-9-18/h10-11,14,17-19,22,32H,2-9,12-13,15H2,1H3,(H,28,29,30,34)/t19-,22-,26+/m1/s1. The molecule has 11 nitrogen and oxygen atoms in total. The highest BCUT2D eigenvalue weighted by Crippen LogP contribution is 2.40. The van der Waals surface area contributed by atoms with Crippen molar-refractivity contribution in [1.29, 1.82) is 5.26 Å². The molecule has 1 saturated carbocycles. The number of nitrogens with zero attached hydrogens (tertiary/aromatic N) is 4. The van der Waals surface area contributed by atoms with Crippen molar-refractivity contribution in [3.63, 3.8) is 0 Å². The SMILES string of the molecule is CCCCOC(=O)Nc1ncnn2c([C@]3(C#N)O[C@@H](COC(=O)CC4CCCCCC4)[CH][C@H]3O)ccc12. The Labute approximate surface area is 216 Å². The third kappa shape index (κ3) is 6.19. The van der Waals surface area contributed by atoms with E-state index in [4.69, 9.17) is 14.2 Å². The average Bonchev–Trinajstić information content (AvgIpc) is 3.36. The van der Waals surface area contributed by atoms with Crippen molar-refractivity contribution < 1.29 is 28.9 Å². The van der Waals surface area contributed by atoms with Gasteiger partial charge in [0.1, 0.15) is 36.7 Å². The molecule has 1 saturated heterocycles. The maximum atomic E-state index is 12.4. The molecule has 0 aromatic carbocycles. The number of hydrogen-bond acceptors (Lipinski definition) is 9. The summed E-state index contributed by atoms with van der Waals surface area (Å²) in [7, 11) is 0. The van der Waals surface area contributed by atoms with E-state index in [1.54, 1.807) is 12.1 Å². The van der Waals surface area contributed by atoms with E-state index in [1.807, 2.05) is 6.92 Å². The summed E-state index contributed by atoms with van der Waals surface area (Å²) in [5.41, 5.74) is -1.13. The summed E-state index contributed by atoms with van der Waals surface area (Å²) in [6, 6.07) is 5.27. The number of rotatable bonds is 9. The summed E-state index contributed by atoms with van der Waals surface area (Å²) in [4.78, 5) is 28.6. The second kappa shape index (κ2) is 12.3. The van der Waals surface area contributed by atoms with Crippen molar-refractivity contribution in [2.45, 2.75) is 82.5 Å². The van der Waals surface area contributed by atoms with E-state index < -0.39 is 23.9 Å². The number of aliphatic hydroxyl groups excluding tert-OH is 1. The lowest BCUT2D eigenvalue weighted by molar-refractivity contribution is -0.150. The minimum absolute atomic E-state index is 0.0965. The third-order valence-corrected chi connectivity index (χ3v) is 6.94. The Morgan fingerprint density at radius 2 is 2.05 bits per heavy atom. The van der Waals surface area contributed by atoms with Crippen LogP contribution in [0.3, 0.4) is 0 Å². The number of carbonyl (C=O) groups is 2. The largest absolute Gasteiger partial charge is 0.463 e. The maximum Gasteiger partial charge on any atom is 0.412 e. The van der Waals surface area contributed by atoms with Gasteiger partial charge in [-0.25, -0.2) is 14.3 Å². The Balaban J connectivity index is 1.42. The second-order valence-corrected chi connectivity index (χ2v) is 9.62. The number of nitrogens with one attached hydrogen (secondary N) is 1. The molecule has 0 unspecified atom stereocenters. The highest BCUT2D eigenvalue weighted by molar-refractivity contribution is 5.88. The van der Waals surface area contributed by atoms with Crippen LogP contribution in [0, 0.1) is 23.7 Å². The van der Waals surface area contributed by atoms with Gasteiger partial charge in [0.15, 0.2) is 5.82 Å². The molecule has 1 amide bonds. The normalized spacial score (nSPS) is 24.4. The fraction of sp³-hybridized carbons (Fsp3) is 0.615. The summed E-state index contributed by atoms with van der Waals surface area (Å²) in [6.07, 6.45) is 8.74. The Bertz CT molecular complexity index is 1120. The summed E-state index contributed by atoms with van der Waals surface area (Å²) in [5, 5.41) is 27.7. The van der Waals surface area contributed by atoms with Crippen LogP contribution in [0.25, 0.3) is 5.52 Å². The first kappa shape index (κ1) is 26.8. The summed E-state index contributed by atoms with van der Waals surface area (Å²) in [5.74, 6) is 0.234. The molecule has 1 radical (unpaired) electrons. The van der Waals surface area contributed by atoms with Crippen LogP contribution in [-0.4, -0.2) is 57.2 Å². The van der Waals surface area contributed by atoms with E-state index in [0.29, 0.717) is 17.9 Å². The molecule has 0 spiro atoms. The molecule has 2 aromatic heterocycles. The number of hydrogen-bond donors (Lipinski definition) is 2. The molecule has 2 aromatic rings. The lowest BCUT2D eigenvalue weighted by atomic mass is 9.94. The summed E-state index contributed by atoms with van der Waals surface area (Å²) >= 11 is 0. The van der Waals surface area contributed by atoms with Gasteiger partial charge in [0, 0.05) is 12.8 Å². The molecule has 199 valence electrons. The number of aliphatic hydroxyl groups is 1. The van der Waals surface area contributed by atoms with Gasteiger partial charge in [-0.2, -0.15) is 10.4 Å². The Hall–Kier alpha value is -3.23. The highest BCUT2D eigenvalue weighted by Gasteiger charge is 2.52. The van der Waals surface area contributed by atoms with Gasteiger partial charge in [-0.05, 0) is 37.3 Å². The van der Waals surface area contributed by atoms with Gasteiger partial charge in [-0.15, -0.1) is 0 Å². The topological polar surface area (TPSA) is 148 Å². The van der Waals surface area contributed by atoms with Crippen molar-refractivity contribution >= 4 is 23.4 Å². The third-order valence-electron chi connectivity index (χ3n) is 6.94. The molecule has 3 atom stereocenters. The minimum Gasteiger partial charge on any atom is -0.463 e. The van der Waals surface area contributed by atoms with Gasteiger partial charge in [0.05, 0.1) is 12.3 Å². The number of esters is 1. The zero-order valence-electron chi connectivity index (χ0n) is 21.1. The maximum absolute atomic E-state index is 12.4. The Kier molecular flexibility index (Phi) is 8.95. The molecule has 11 heteroatoms. The van der Waals surface area contributed by atoms with Crippen LogP contribution >= 0.6 is 0 Å². The predicted octanol–water partition coefficient (Wildman–Crippen LogP) is 3.66. The van der Waals surface area contributed by atoms with Crippen LogP contribution in [-0.2, 0) is 24.6 Å². The van der Waals surface area contributed by atoms with Gasteiger partial charge in [-0.1, -0.05) is 39.0 Å². The smallest absolute Gasteiger partial charge is 0.412 e. The molecule has 1 aliphatic carbocycles. The monoisotopic (exact) mass is 512 g/mol. The van der Waals surface area contributed by atoms with Crippen LogP contribution in [0.15, 0.2) is 18.5 Å². The Morgan fingerprint density at radius 3 is 2.78 bits per heavy atom. The van der Waals surface area contributed by atoms with E-state index in [-0.39, 0.29) is 30.7 Å². The molecule has 2 N–H and O–H groups in total. The van der Waals surface area contributed by atoms with Crippen molar-refractivity contribution in [3.05, 3.63) is 30.6 Å². The van der Waals surface area contributed by atoms with E-state index >= 15 is 0 Å². The highest BCUT2D eigenvalue weighted by atomic mass is 16.6. The number of fused-ring (bicyclic) bond motifs is 1. The lowest BCUT2D eigenvalue weighted by Gasteiger charge is -2.24. The minimum atomic E-state index is -1.78. The number of aromatic nitrogens is 3. The first-order valence-corrected chi connectivity index (χ1v) is 13.0. The van der Waals surface area contributed by atoms with Gasteiger partial charge in [-0.3, -0.25) is 10.1 Å². The zero-order valence-corrected chi connectivity index (χ0v) is 21.1. The fourth-order valence-corrected chi connectivity index (χ4v) is 4.93. The van der Waals surface area contributed by atoms with Gasteiger partial charge in [0.25, 0.3) is 0 Å². The molecular weight excluding hydrogens is 478 g/mol. The number of carbonyl (C=O) groups excluding carboxylic acids is 2. The second-order valence-electron chi connectivity index (χ2n) is 9.62. The molecule has 4 rings (SSSR count). The molecule has 3 heterocycles. The molecule has 2 aliphatic rings. The van der Waals surface area contributed by atoms with Crippen LogP contribution in [0.4, 0.5) is 10.6 Å². The fourth-order valence-electron chi connectivity index (χ4n) is 4.93. The van der Waals surface area contributed by atoms with Crippen molar-refractivity contribution in [2.24, 2.45) is 5.92 Å². The van der Waals surface area contributed by atoms with Crippen molar-refractivity contribution in [1.82, 2.24) is 14.6 Å². The van der Waals surface area contributed by atoms with Crippen LogP contribution in [0.5, 0.6) is 0 Å². The number of ether oxygens (including phenoxy) is 3. The number of unbranched alkanes of at least 4 members (excludes halogenated alkanes) is 1. The first-order chi connectivity index (χ1) is 18.0. The zero-order chi connectivity index (χ0) is 26.3. The Morgan fingerprint density at radius 1 is 1.27 bits per heavy atom. The van der Waals surface area contributed by atoms with Gasteiger partial charge >= 0.3 is 12.1 Å². The van der Waals surface area contributed by atoms with Gasteiger partial charge < -0.3 is 19.3 Å². The van der Waals surface area contributed by atoms with Crippen molar-refractivity contribution in [3.8, 4) is 6.07 Å². The number of amides is 1. The first-order valence-electron chi connectivity index (χ1n) is 13.0. The molecule has 1 aliphatic heterocycles. The van der Waals surface area contributed by atoms with Crippen molar-refractivity contribution in [2.75, 3.05) is 18.5 Å².